The molecule has 0 bridgehead atoms. The molecule has 0 amide bonds. The van der Waals surface area contributed by atoms with Gasteiger partial charge in [-0.15, -0.1) is 5.10 Å². The second-order valence-electron chi connectivity index (χ2n) is 3.81. The first-order valence-corrected chi connectivity index (χ1v) is 6.24. The summed E-state index contributed by atoms with van der Waals surface area (Å²) < 4.78 is 32.4. The molecular weight excluding hydrogens is 310 g/mol. The third-order valence-electron chi connectivity index (χ3n) is 2.57. The molecule has 20 heavy (non-hydrogen) atoms. The van der Waals surface area contributed by atoms with Crippen LogP contribution in [0.25, 0.3) is 0 Å². The third kappa shape index (κ3) is 3.29. The lowest BCUT2D eigenvalue weighted by Gasteiger charge is -2.12. The second kappa shape index (κ2) is 6.23. The lowest BCUT2D eigenvalue weighted by atomic mass is 10.0. The molecule has 0 N–H and O–H groups in total. The Morgan fingerprint density at radius 2 is 2.20 bits per heavy atom. The zero-order chi connectivity index (χ0) is 14.7. The number of nitrogens with zero attached hydrogens (tertiary/aromatic N) is 2. The molecule has 0 unspecified atom stereocenters. The summed E-state index contributed by atoms with van der Waals surface area (Å²) in [5.41, 5.74) is -0.243. The Hall–Kier alpha value is -1.60. The highest BCUT2D eigenvalue weighted by Gasteiger charge is 2.19. The van der Waals surface area contributed by atoms with Gasteiger partial charge in [0.1, 0.15) is 6.61 Å². The second-order valence-corrected chi connectivity index (χ2v) is 4.56. The van der Waals surface area contributed by atoms with Crippen molar-refractivity contribution in [1.82, 2.24) is 9.19 Å². The van der Waals surface area contributed by atoms with E-state index in [1.165, 1.54) is 34.5 Å². The van der Waals surface area contributed by atoms with Gasteiger partial charge in [-0.3, -0.25) is 4.79 Å². The topological polar surface area (TPSA) is 44.1 Å². The molecule has 1 aromatic carbocycles. The normalized spacial score (nSPS) is 10.8. The monoisotopic (exact) mass is 318 g/mol. The van der Waals surface area contributed by atoms with E-state index in [0.29, 0.717) is 0 Å². The molecule has 0 aliphatic carbocycles. The first-order valence-electron chi connectivity index (χ1n) is 5.46. The van der Waals surface area contributed by atoms with Gasteiger partial charge >= 0.3 is 0 Å². The Balaban J connectivity index is 2.30. The van der Waals surface area contributed by atoms with Gasteiger partial charge < -0.3 is 4.74 Å². The van der Waals surface area contributed by atoms with Gasteiger partial charge in [-0.2, -0.15) is 0 Å². The van der Waals surface area contributed by atoms with Gasteiger partial charge in [0, 0.05) is 29.0 Å². The third-order valence-corrected chi connectivity index (χ3v) is 3.00. The maximum Gasteiger partial charge on any atom is 0.264 e. The van der Waals surface area contributed by atoms with E-state index in [9.17, 15) is 13.6 Å². The number of ether oxygens (including phenoxy) is 1. The molecule has 2 rings (SSSR count). The number of halogens is 3. The molecule has 0 aliphatic heterocycles. The standard InChI is InChI=1S/C12H9ClF2N2O2S/c13-11(18)7-2-1-3-8(12(14)15)9(7)6-19-10-4-5-17(20)16-10/h1-5,12,20H,6H2. The molecule has 0 atom stereocenters. The number of rotatable bonds is 5. The molecule has 0 saturated carbocycles. The van der Waals surface area contributed by atoms with Crippen molar-refractivity contribution in [2.75, 3.05) is 0 Å². The molecule has 1 heterocycles. The Bertz CT molecular complexity index is 634. The summed E-state index contributed by atoms with van der Waals surface area (Å²) in [7, 11) is 0. The highest BCUT2D eigenvalue weighted by molar-refractivity contribution is 7.78. The van der Waals surface area contributed by atoms with E-state index in [4.69, 9.17) is 16.3 Å². The van der Waals surface area contributed by atoms with Crippen molar-refractivity contribution in [1.29, 1.82) is 0 Å². The number of alkyl halides is 2. The van der Waals surface area contributed by atoms with E-state index >= 15 is 0 Å². The molecular formula is C12H9ClF2N2O2S. The molecule has 0 spiro atoms. The van der Waals surface area contributed by atoms with Crippen LogP contribution < -0.4 is 4.74 Å². The molecule has 0 fully saturated rings. The summed E-state index contributed by atoms with van der Waals surface area (Å²) in [6, 6.07) is 5.46. The fourth-order valence-electron chi connectivity index (χ4n) is 1.68. The van der Waals surface area contributed by atoms with Crippen molar-refractivity contribution in [3.8, 4) is 5.88 Å². The van der Waals surface area contributed by atoms with Gasteiger partial charge in [0.2, 0.25) is 5.88 Å². The predicted molar refractivity (Wildman–Crippen MR) is 72.5 cm³/mol. The minimum atomic E-state index is -2.73. The number of hydrogen-bond donors (Lipinski definition) is 1. The van der Waals surface area contributed by atoms with E-state index in [1.807, 2.05) is 0 Å². The van der Waals surface area contributed by atoms with E-state index < -0.39 is 11.7 Å². The summed E-state index contributed by atoms with van der Waals surface area (Å²) in [6.45, 7) is -0.237. The van der Waals surface area contributed by atoms with Gasteiger partial charge in [0.05, 0.1) is 0 Å². The SMILES string of the molecule is O=C(Cl)c1cccc(C(F)F)c1COc1ccn(S)n1. The summed E-state index contributed by atoms with van der Waals surface area (Å²) in [5, 5.41) is 3.01. The summed E-state index contributed by atoms with van der Waals surface area (Å²) in [6.07, 6.45) is -1.21. The zero-order valence-corrected chi connectivity index (χ0v) is 11.6. The number of benzene rings is 1. The fourth-order valence-corrected chi connectivity index (χ4v) is 2.01. The van der Waals surface area contributed by atoms with E-state index in [2.05, 4.69) is 17.9 Å². The number of aromatic nitrogens is 2. The fraction of sp³-hybridized carbons (Fsp3) is 0.167. The van der Waals surface area contributed by atoms with Crippen LogP contribution in [0.4, 0.5) is 8.78 Å². The first kappa shape index (κ1) is 14.8. The van der Waals surface area contributed by atoms with E-state index in [0.717, 1.165) is 0 Å². The lowest BCUT2D eigenvalue weighted by molar-refractivity contribution is 0.107. The highest BCUT2D eigenvalue weighted by Crippen LogP contribution is 2.27. The summed E-state index contributed by atoms with van der Waals surface area (Å²) >= 11 is 9.32. The molecule has 0 aliphatic rings. The van der Waals surface area contributed by atoms with Crippen molar-refractivity contribution < 1.29 is 18.3 Å². The minimum Gasteiger partial charge on any atom is -0.472 e. The van der Waals surface area contributed by atoms with Crippen LogP contribution in [0.3, 0.4) is 0 Å². The molecule has 1 aromatic heterocycles. The Labute approximate surface area is 123 Å². The summed E-state index contributed by atoms with van der Waals surface area (Å²) in [5.74, 6) is 0.206. The van der Waals surface area contributed by atoms with Gasteiger partial charge in [0.25, 0.3) is 11.7 Å². The first-order chi connectivity index (χ1) is 9.49. The highest BCUT2D eigenvalue weighted by atomic mass is 35.5. The van der Waals surface area contributed by atoms with Crippen molar-refractivity contribution >= 4 is 29.7 Å². The van der Waals surface area contributed by atoms with Gasteiger partial charge in [0.15, 0.2) is 0 Å². The largest absolute Gasteiger partial charge is 0.472 e. The minimum absolute atomic E-state index is 0.00484. The van der Waals surface area contributed by atoms with Gasteiger partial charge in [-0.1, -0.05) is 12.1 Å². The number of carbonyl (C=O) groups is 1. The molecule has 8 heteroatoms. The van der Waals surface area contributed by atoms with Crippen molar-refractivity contribution in [2.45, 2.75) is 13.0 Å². The van der Waals surface area contributed by atoms with Crippen molar-refractivity contribution in [3.63, 3.8) is 0 Å². The van der Waals surface area contributed by atoms with Crippen molar-refractivity contribution in [3.05, 3.63) is 47.2 Å². The number of thiol groups is 1. The average Bonchev–Trinajstić information content (AvgIpc) is 2.81. The van der Waals surface area contributed by atoms with Crippen LogP contribution in [0.5, 0.6) is 5.88 Å². The van der Waals surface area contributed by atoms with Crippen LogP contribution >= 0.6 is 24.4 Å². The van der Waals surface area contributed by atoms with Crippen LogP contribution in [0.15, 0.2) is 30.5 Å². The maximum atomic E-state index is 13.0. The smallest absolute Gasteiger partial charge is 0.264 e. The molecule has 4 nitrogen and oxygen atoms in total. The Kier molecular flexibility index (Phi) is 4.61. The van der Waals surface area contributed by atoms with Crippen molar-refractivity contribution in [2.24, 2.45) is 0 Å². The Morgan fingerprint density at radius 3 is 2.75 bits per heavy atom. The van der Waals surface area contributed by atoms with Crippen LogP contribution in [-0.2, 0) is 6.61 Å². The van der Waals surface area contributed by atoms with Crippen LogP contribution in [0.2, 0.25) is 0 Å². The quantitative estimate of drug-likeness (QED) is 0.678. The molecule has 2 aromatic rings. The van der Waals surface area contributed by atoms with E-state index in [1.54, 1.807) is 0 Å². The van der Waals surface area contributed by atoms with Gasteiger partial charge in [-0.25, -0.2) is 12.9 Å². The van der Waals surface area contributed by atoms with Crippen LogP contribution in [0.1, 0.15) is 27.9 Å². The predicted octanol–water partition coefficient (Wildman–Crippen LogP) is 3.47. The maximum absolute atomic E-state index is 13.0. The van der Waals surface area contributed by atoms with Crippen LogP contribution in [0, 0.1) is 0 Å². The van der Waals surface area contributed by atoms with E-state index in [-0.39, 0.29) is 29.2 Å². The molecule has 0 radical (unpaired) electrons. The Morgan fingerprint density at radius 1 is 1.45 bits per heavy atom. The summed E-state index contributed by atoms with van der Waals surface area (Å²) in [4.78, 5) is 11.3. The number of hydrogen-bond acceptors (Lipinski definition) is 4. The lowest BCUT2D eigenvalue weighted by Crippen LogP contribution is -2.07. The molecule has 0 saturated heterocycles. The average molecular weight is 319 g/mol. The van der Waals surface area contributed by atoms with Gasteiger partial charge in [-0.05, 0) is 30.5 Å². The molecule has 106 valence electrons. The van der Waals surface area contributed by atoms with Crippen LogP contribution in [-0.4, -0.2) is 14.4 Å². The zero-order valence-electron chi connectivity index (χ0n) is 9.96. The number of carbonyl (C=O) groups excluding carboxylic acids is 1.